The van der Waals surface area contributed by atoms with Gasteiger partial charge in [0.2, 0.25) is 0 Å². The van der Waals surface area contributed by atoms with E-state index in [9.17, 15) is 14.7 Å². The summed E-state index contributed by atoms with van der Waals surface area (Å²) in [6.07, 6.45) is 0.649. The Morgan fingerprint density at radius 3 is 2.46 bits per heavy atom. The van der Waals surface area contributed by atoms with Crippen molar-refractivity contribution in [3.8, 4) is 23.0 Å². The molecule has 2 aliphatic rings. The third-order valence-electron chi connectivity index (χ3n) is 7.10. The number of rotatable bonds is 10. The molecule has 0 saturated carbocycles. The first-order chi connectivity index (χ1) is 19.9. The molecule has 1 fully saturated rings. The van der Waals surface area contributed by atoms with Gasteiger partial charge in [0.15, 0.2) is 23.0 Å². The lowest BCUT2D eigenvalue weighted by Gasteiger charge is -2.26. The number of ketones is 1. The fourth-order valence-electron chi connectivity index (χ4n) is 5.07. The van der Waals surface area contributed by atoms with Gasteiger partial charge in [0.05, 0.1) is 18.7 Å². The van der Waals surface area contributed by atoms with Crippen molar-refractivity contribution in [1.82, 2.24) is 9.80 Å². The number of carbonyl (C=O) groups is 2. The van der Waals surface area contributed by atoms with Crippen molar-refractivity contribution >= 4 is 17.4 Å². The second-order valence-electron chi connectivity index (χ2n) is 10.2. The fraction of sp³-hybridized carbons (Fsp3) is 0.312. The Morgan fingerprint density at radius 2 is 1.73 bits per heavy atom. The summed E-state index contributed by atoms with van der Waals surface area (Å²) < 4.78 is 22.9. The number of carbonyl (C=O) groups excluding carboxylic acids is 2. The van der Waals surface area contributed by atoms with Gasteiger partial charge in [-0.05, 0) is 68.5 Å². The van der Waals surface area contributed by atoms with E-state index >= 15 is 0 Å². The van der Waals surface area contributed by atoms with E-state index in [1.807, 2.05) is 49.3 Å². The lowest BCUT2D eigenvalue weighted by atomic mass is 9.94. The number of hydrogen-bond donors (Lipinski definition) is 1. The molecular formula is C32H34N2O7. The van der Waals surface area contributed by atoms with Gasteiger partial charge in [0.1, 0.15) is 25.6 Å². The third-order valence-corrected chi connectivity index (χ3v) is 7.10. The smallest absolute Gasteiger partial charge is 0.295 e. The van der Waals surface area contributed by atoms with Gasteiger partial charge in [0.25, 0.3) is 11.7 Å². The van der Waals surface area contributed by atoms with Crippen LogP contribution >= 0.6 is 0 Å². The van der Waals surface area contributed by atoms with E-state index in [-0.39, 0.29) is 11.3 Å². The molecule has 1 atom stereocenters. The van der Waals surface area contributed by atoms with E-state index in [1.165, 1.54) is 12.0 Å². The van der Waals surface area contributed by atoms with Crippen molar-refractivity contribution in [2.24, 2.45) is 0 Å². The Balaban J connectivity index is 1.53. The number of aliphatic hydroxyl groups is 1. The van der Waals surface area contributed by atoms with Gasteiger partial charge in [-0.1, -0.05) is 36.4 Å². The first-order valence-corrected chi connectivity index (χ1v) is 13.5. The SMILES string of the molecule is COc1cc(C2C(=C(O)c3ccc4c(c3)OCCO4)C(=O)C(=O)N2CCCN(C)C)ccc1OCc1ccccc1. The van der Waals surface area contributed by atoms with E-state index in [1.54, 1.807) is 36.4 Å². The minimum absolute atomic E-state index is 0.0107. The number of benzene rings is 3. The van der Waals surface area contributed by atoms with Crippen LogP contribution in [0.1, 0.15) is 29.2 Å². The van der Waals surface area contributed by atoms with Gasteiger partial charge in [-0.15, -0.1) is 0 Å². The summed E-state index contributed by atoms with van der Waals surface area (Å²) in [5, 5.41) is 11.5. The Bertz CT molecular complexity index is 1450. The molecule has 5 rings (SSSR count). The molecule has 9 heteroatoms. The Hall–Kier alpha value is -4.50. The number of ether oxygens (including phenoxy) is 4. The van der Waals surface area contributed by atoms with Crippen LogP contribution in [0.3, 0.4) is 0 Å². The predicted octanol–water partition coefficient (Wildman–Crippen LogP) is 4.42. The van der Waals surface area contributed by atoms with Crippen molar-refractivity contribution < 1.29 is 33.6 Å². The highest BCUT2D eigenvalue weighted by atomic mass is 16.6. The minimum atomic E-state index is -0.817. The topological polar surface area (TPSA) is 97.8 Å². The normalized spacial score (nSPS) is 17.7. The number of hydrogen-bond acceptors (Lipinski definition) is 8. The monoisotopic (exact) mass is 558 g/mol. The first-order valence-electron chi connectivity index (χ1n) is 13.5. The maximum absolute atomic E-state index is 13.4. The van der Waals surface area contributed by atoms with E-state index in [0.29, 0.717) is 66.9 Å². The van der Waals surface area contributed by atoms with E-state index in [0.717, 1.165) is 12.1 Å². The largest absolute Gasteiger partial charge is 0.507 e. The predicted molar refractivity (Wildman–Crippen MR) is 153 cm³/mol. The highest BCUT2D eigenvalue weighted by Gasteiger charge is 2.46. The zero-order valence-electron chi connectivity index (χ0n) is 23.5. The van der Waals surface area contributed by atoms with Crippen LogP contribution in [-0.2, 0) is 16.2 Å². The van der Waals surface area contributed by atoms with Crippen LogP contribution in [0.5, 0.6) is 23.0 Å². The molecule has 1 saturated heterocycles. The standard InChI is InChI=1S/C32H34N2O7/c1-33(2)14-7-15-34-29(22-10-12-24(26(18-22)38-3)41-20-21-8-5-4-6-9-21)28(31(36)32(34)37)30(35)23-11-13-25-27(19-23)40-17-16-39-25/h4-6,8-13,18-19,29,35H,7,14-17,20H2,1-3H3. The Labute approximate surface area is 239 Å². The summed E-state index contributed by atoms with van der Waals surface area (Å²) in [4.78, 5) is 30.3. The Kier molecular flexibility index (Phi) is 8.45. The van der Waals surface area contributed by atoms with Gasteiger partial charge in [-0.25, -0.2) is 0 Å². The summed E-state index contributed by atoms with van der Waals surface area (Å²) in [7, 11) is 5.44. The molecule has 3 aromatic carbocycles. The van der Waals surface area contributed by atoms with Crippen LogP contribution in [-0.4, -0.2) is 74.1 Å². The van der Waals surface area contributed by atoms with Crippen LogP contribution in [0.2, 0.25) is 0 Å². The molecular weight excluding hydrogens is 524 g/mol. The van der Waals surface area contributed by atoms with Gasteiger partial charge >= 0.3 is 0 Å². The molecule has 1 amide bonds. The van der Waals surface area contributed by atoms with Gasteiger partial charge in [0, 0.05) is 12.1 Å². The number of nitrogens with zero attached hydrogens (tertiary/aromatic N) is 2. The van der Waals surface area contributed by atoms with Crippen LogP contribution in [0.25, 0.3) is 5.76 Å². The summed E-state index contributed by atoms with van der Waals surface area (Å²) in [5.74, 6) is 0.340. The van der Waals surface area contributed by atoms with Crippen LogP contribution < -0.4 is 18.9 Å². The molecule has 2 heterocycles. The maximum Gasteiger partial charge on any atom is 0.295 e. The molecule has 2 aliphatic heterocycles. The number of Topliss-reactive ketones (excluding diaryl/α,β-unsaturated/α-hetero) is 1. The van der Waals surface area contributed by atoms with Gasteiger partial charge < -0.3 is 33.9 Å². The number of aliphatic hydroxyl groups excluding tert-OH is 1. The van der Waals surface area contributed by atoms with Crippen molar-refractivity contribution in [2.75, 3.05) is 47.5 Å². The van der Waals surface area contributed by atoms with Crippen molar-refractivity contribution in [3.63, 3.8) is 0 Å². The second-order valence-corrected chi connectivity index (χ2v) is 10.2. The molecule has 0 aromatic heterocycles. The summed E-state index contributed by atoms with van der Waals surface area (Å²) in [5.41, 5.74) is 2.00. The van der Waals surface area contributed by atoms with Crippen molar-refractivity contribution in [2.45, 2.75) is 19.1 Å². The van der Waals surface area contributed by atoms with E-state index in [2.05, 4.69) is 0 Å². The zero-order chi connectivity index (χ0) is 28.9. The lowest BCUT2D eigenvalue weighted by Crippen LogP contribution is -2.32. The van der Waals surface area contributed by atoms with Gasteiger partial charge in [-0.3, -0.25) is 9.59 Å². The average Bonchev–Trinajstić information content (AvgIpc) is 3.24. The van der Waals surface area contributed by atoms with E-state index in [4.69, 9.17) is 18.9 Å². The lowest BCUT2D eigenvalue weighted by molar-refractivity contribution is -0.139. The molecule has 1 N–H and O–H groups in total. The molecule has 0 bridgehead atoms. The summed E-state index contributed by atoms with van der Waals surface area (Å²) in [6.45, 7) is 2.23. The molecule has 0 radical (unpaired) electrons. The Morgan fingerprint density at radius 1 is 0.976 bits per heavy atom. The highest BCUT2D eigenvalue weighted by molar-refractivity contribution is 6.46. The number of fused-ring (bicyclic) bond motifs is 1. The third kappa shape index (κ3) is 6.00. The van der Waals surface area contributed by atoms with Crippen LogP contribution in [0.15, 0.2) is 72.3 Å². The average molecular weight is 559 g/mol. The highest BCUT2D eigenvalue weighted by Crippen LogP contribution is 2.43. The number of methoxy groups -OCH3 is 1. The fourth-order valence-corrected chi connectivity index (χ4v) is 5.07. The first kappa shape index (κ1) is 28.0. The molecule has 3 aromatic rings. The molecule has 9 nitrogen and oxygen atoms in total. The van der Waals surface area contributed by atoms with Crippen LogP contribution in [0.4, 0.5) is 0 Å². The van der Waals surface area contributed by atoms with E-state index < -0.39 is 17.7 Å². The van der Waals surface area contributed by atoms with Crippen molar-refractivity contribution in [3.05, 3.63) is 89.0 Å². The molecule has 0 spiro atoms. The van der Waals surface area contributed by atoms with Gasteiger partial charge in [-0.2, -0.15) is 0 Å². The molecule has 214 valence electrons. The number of amides is 1. The summed E-state index contributed by atoms with van der Waals surface area (Å²) in [6, 6.07) is 19.3. The second kappa shape index (κ2) is 12.3. The molecule has 1 unspecified atom stereocenters. The quantitative estimate of drug-likeness (QED) is 0.222. The molecule has 41 heavy (non-hydrogen) atoms. The number of likely N-dealkylation sites (tertiary alicyclic amines) is 1. The maximum atomic E-state index is 13.4. The molecule has 0 aliphatic carbocycles. The zero-order valence-corrected chi connectivity index (χ0v) is 23.5. The van der Waals surface area contributed by atoms with Crippen molar-refractivity contribution in [1.29, 1.82) is 0 Å². The summed E-state index contributed by atoms with van der Waals surface area (Å²) >= 11 is 0. The minimum Gasteiger partial charge on any atom is -0.507 e. The van der Waals surface area contributed by atoms with Crippen LogP contribution in [0, 0.1) is 0 Å².